The van der Waals surface area contributed by atoms with Crippen LogP contribution < -0.4 is 9.47 Å². The molecule has 4 rings (SSSR count). The van der Waals surface area contributed by atoms with Crippen LogP contribution in [0.15, 0.2) is 66.7 Å². The van der Waals surface area contributed by atoms with Crippen molar-refractivity contribution >= 4 is 20.6 Å². The molecule has 170 valence electrons. The molecule has 3 aromatic rings. The summed E-state index contributed by atoms with van der Waals surface area (Å²) in [5.74, 6) is 1.71. The van der Waals surface area contributed by atoms with Crippen LogP contribution in [0, 0.1) is 0 Å². The Bertz CT molecular complexity index is 1140. The van der Waals surface area contributed by atoms with Gasteiger partial charge in [-0.15, -0.1) is 0 Å². The van der Waals surface area contributed by atoms with E-state index in [0.717, 1.165) is 22.1 Å². The molecule has 0 aliphatic carbocycles. The molecule has 1 saturated heterocycles. The van der Waals surface area contributed by atoms with E-state index in [2.05, 4.69) is 29.2 Å². The second-order valence-electron chi connectivity index (χ2n) is 8.26. The highest BCUT2D eigenvalue weighted by molar-refractivity contribution is 7.91. The van der Waals surface area contributed by atoms with Gasteiger partial charge >= 0.3 is 0 Å². The monoisotopic (exact) mass is 455 g/mol. The fourth-order valence-electron chi connectivity index (χ4n) is 4.24. The van der Waals surface area contributed by atoms with E-state index in [1.54, 1.807) is 31.4 Å². The largest absolute Gasteiger partial charge is 0.497 e. The Morgan fingerprint density at radius 2 is 1.75 bits per heavy atom. The number of aliphatic hydroxyl groups is 1. The molecule has 0 amide bonds. The van der Waals surface area contributed by atoms with Crippen LogP contribution in [-0.2, 0) is 16.4 Å². The Hall–Kier alpha value is -2.61. The molecule has 32 heavy (non-hydrogen) atoms. The number of nitrogens with zero attached hydrogens (tertiary/aromatic N) is 1. The van der Waals surface area contributed by atoms with Gasteiger partial charge < -0.3 is 14.6 Å². The summed E-state index contributed by atoms with van der Waals surface area (Å²) in [6.07, 6.45) is -0.172. The molecule has 6 nitrogen and oxygen atoms in total. The van der Waals surface area contributed by atoms with E-state index in [9.17, 15) is 13.5 Å². The second kappa shape index (κ2) is 9.90. The van der Waals surface area contributed by atoms with Gasteiger partial charge in [-0.1, -0.05) is 42.5 Å². The Balaban J connectivity index is 1.47. The van der Waals surface area contributed by atoms with E-state index in [0.29, 0.717) is 25.3 Å². The minimum Gasteiger partial charge on any atom is -0.497 e. The highest BCUT2D eigenvalue weighted by Crippen LogP contribution is 2.25. The standard InChI is InChI=1S/C25H29NO5S/c1-30-23-9-11-24(12-10-23)31-17-22(27)16-26(21-13-14-32(28,29)18-21)15-20-7-4-6-19-5-2-3-8-25(19)20/h2-12,21-22,27H,13-18H2,1H3/t21-,22+/m0/s1. The molecule has 1 aliphatic rings. The van der Waals surface area contributed by atoms with Crippen molar-refractivity contribution in [2.24, 2.45) is 0 Å². The maximum Gasteiger partial charge on any atom is 0.151 e. The van der Waals surface area contributed by atoms with Crippen molar-refractivity contribution in [3.63, 3.8) is 0 Å². The summed E-state index contributed by atoms with van der Waals surface area (Å²) in [7, 11) is -1.43. The molecule has 1 N–H and O–H groups in total. The fourth-order valence-corrected chi connectivity index (χ4v) is 6.00. The number of aliphatic hydroxyl groups excluding tert-OH is 1. The van der Waals surface area contributed by atoms with Gasteiger partial charge in [-0.3, -0.25) is 4.90 Å². The maximum absolute atomic E-state index is 12.1. The minimum atomic E-state index is -3.04. The number of hydrogen-bond acceptors (Lipinski definition) is 6. The quantitative estimate of drug-likeness (QED) is 0.534. The van der Waals surface area contributed by atoms with Gasteiger partial charge in [-0.25, -0.2) is 8.42 Å². The summed E-state index contributed by atoms with van der Waals surface area (Å²) in [5.41, 5.74) is 1.12. The minimum absolute atomic E-state index is 0.116. The summed E-state index contributed by atoms with van der Waals surface area (Å²) in [6, 6.07) is 21.4. The topological polar surface area (TPSA) is 76.1 Å². The van der Waals surface area contributed by atoms with Crippen LogP contribution in [0.2, 0.25) is 0 Å². The number of hydrogen-bond donors (Lipinski definition) is 1. The summed E-state index contributed by atoms with van der Waals surface area (Å²) >= 11 is 0. The van der Waals surface area contributed by atoms with Crippen molar-refractivity contribution in [2.75, 3.05) is 31.8 Å². The van der Waals surface area contributed by atoms with Gasteiger partial charge in [0.05, 0.1) is 18.6 Å². The molecule has 0 unspecified atom stereocenters. The fraction of sp³-hybridized carbons (Fsp3) is 0.360. The van der Waals surface area contributed by atoms with Crippen LogP contribution in [0.4, 0.5) is 0 Å². The zero-order valence-corrected chi connectivity index (χ0v) is 19.0. The lowest BCUT2D eigenvalue weighted by molar-refractivity contribution is 0.0526. The number of sulfone groups is 1. The number of fused-ring (bicyclic) bond motifs is 1. The summed E-state index contributed by atoms with van der Waals surface area (Å²) in [6.45, 7) is 1.03. The Labute approximate surface area is 189 Å². The van der Waals surface area contributed by atoms with Crippen molar-refractivity contribution in [3.05, 3.63) is 72.3 Å². The van der Waals surface area contributed by atoms with Crippen LogP contribution in [0.5, 0.6) is 11.5 Å². The zero-order chi connectivity index (χ0) is 22.6. The third-order valence-electron chi connectivity index (χ3n) is 5.93. The van der Waals surface area contributed by atoms with Crippen LogP contribution in [0.25, 0.3) is 10.8 Å². The van der Waals surface area contributed by atoms with Crippen LogP contribution in [0.1, 0.15) is 12.0 Å². The van der Waals surface area contributed by atoms with Crippen molar-refractivity contribution in [2.45, 2.75) is 25.1 Å². The van der Waals surface area contributed by atoms with Crippen LogP contribution in [0.3, 0.4) is 0 Å². The van der Waals surface area contributed by atoms with Gasteiger partial charge in [-0.2, -0.15) is 0 Å². The van der Waals surface area contributed by atoms with Gasteiger partial charge in [0.15, 0.2) is 9.84 Å². The molecule has 0 bridgehead atoms. The molecule has 0 spiro atoms. The van der Waals surface area contributed by atoms with Crippen LogP contribution in [-0.4, -0.2) is 62.3 Å². The van der Waals surface area contributed by atoms with Gasteiger partial charge in [0.1, 0.15) is 24.2 Å². The SMILES string of the molecule is COc1ccc(OC[C@H](O)CN(Cc2cccc3ccccc23)[C@H]2CCS(=O)(=O)C2)cc1. The first-order chi connectivity index (χ1) is 15.4. The first-order valence-electron chi connectivity index (χ1n) is 10.8. The molecule has 1 aliphatic heterocycles. The lowest BCUT2D eigenvalue weighted by Gasteiger charge is -2.30. The predicted molar refractivity (Wildman–Crippen MR) is 126 cm³/mol. The first-order valence-corrected chi connectivity index (χ1v) is 12.6. The van der Waals surface area contributed by atoms with Gasteiger partial charge in [-0.05, 0) is 47.0 Å². The first kappa shape index (κ1) is 22.6. The van der Waals surface area contributed by atoms with Crippen molar-refractivity contribution < 1.29 is 23.0 Å². The van der Waals surface area contributed by atoms with E-state index in [-0.39, 0.29) is 24.2 Å². The molecule has 0 radical (unpaired) electrons. The molecule has 3 aromatic carbocycles. The smallest absolute Gasteiger partial charge is 0.151 e. The summed E-state index contributed by atoms with van der Waals surface area (Å²) in [5, 5.41) is 13.0. The van der Waals surface area contributed by atoms with E-state index >= 15 is 0 Å². The molecule has 2 atom stereocenters. The normalized spacial score (nSPS) is 18.7. The maximum atomic E-state index is 12.1. The number of methoxy groups -OCH3 is 1. The Morgan fingerprint density at radius 1 is 1.03 bits per heavy atom. The van der Waals surface area contributed by atoms with Crippen molar-refractivity contribution in [3.8, 4) is 11.5 Å². The third kappa shape index (κ3) is 5.59. The summed E-state index contributed by atoms with van der Waals surface area (Å²) in [4.78, 5) is 2.09. The van der Waals surface area contributed by atoms with E-state index in [4.69, 9.17) is 9.47 Å². The van der Waals surface area contributed by atoms with E-state index in [1.165, 1.54) is 0 Å². The molecular formula is C25H29NO5S. The highest BCUT2D eigenvalue weighted by Gasteiger charge is 2.33. The lowest BCUT2D eigenvalue weighted by Crippen LogP contribution is -2.42. The zero-order valence-electron chi connectivity index (χ0n) is 18.2. The molecule has 0 saturated carbocycles. The van der Waals surface area contributed by atoms with Gasteiger partial charge in [0.2, 0.25) is 0 Å². The molecule has 1 heterocycles. The van der Waals surface area contributed by atoms with Crippen LogP contribution >= 0.6 is 0 Å². The van der Waals surface area contributed by atoms with Crippen molar-refractivity contribution in [1.29, 1.82) is 0 Å². The highest BCUT2D eigenvalue weighted by atomic mass is 32.2. The van der Waals surface area contributed by atoms with Gasteiger partial charge in [0.25, 0.3) is 0 Å². The Kier molecular flexibility index (Phi) is 6.98. The van der Waals surface area contributed by atoms with E-state index in [1.807, 2.05) is 18.2 Å². The number of rotatable bonds is 9. The van der Waals surface area contributed by atoms with E-state index < -0.39 is 15.9 Å². The van der Waals surface area contributed by atoms with Crippen molar-refractivity contribution in [1.82, 2.24) is 4.90 Å². The molecule has 1 fully saturated rings. The molecular weight excluding hydrogens is 426 g/mol. The lowest BCUT2D eigenvalue weighted by atomic mass is 10.0. The van der Waals surface area contributed by atoms with Gasteiger partial charge in [0, 0.05) is 19.1 Å². The predicted octanol–water partition coefficient (Wildman–Crippen LogP) is 3.28. The third-order valence-corrected chi connectivity index (χ3v) is 7.68. The molecule has 7 heteroatoms. The molecule has 0 aromatic heterocycles. The Morgan fingerprint density at radius 3 is 2.47 bits per heavy atom. The average molecular weight is 456 g/mol. The summed E-state index contributed by atoms with van der Waals surface area (Å²) < 4.78 is 35.2. The second-order valence-corrected chi connectivity index (χ2v) is 10.5. The number of ether oxygens (including phenoxy) is 2. The average Bonchev–Trinajstić information content (AvgIpc) is 3.17. The number of benzene rings is 3.